The van der Waals surface area contributed by atoms with Crippen LogP contribution < -0.4 is 5.32 Å². The van der Waals surface area contributed by atoms with Gasteiger partial charge < -0.3 is 5.32 Å². The molecule has 0 radical (unpaired) electrons. The Balaban J connectivity index is 2.26. The van der Waals surface area contributed by atoms with E-state index in [2.05, 4.69) is 5.32 Å². The molecule has 1 atom stereocenters. The maximum absolute atomic E-state index is 12.2. The van der Waals surface area contributed by atoms with E-state index in [9.17, 15) is 4.79 Å². The summed E-state index contributed by atoms with van der Waals surface area (Å²) in [5.74, 6) is -0.318. The molecule has 2 nitrogen and oxygen atoms in total. The van der Waals surface area contributed by atoms with Crippen LogP contribution in [0.25, 0.3) is 0 Å². The van der Waals surface area contributed by atoms with E-state index in [1.807, 2.05) is 6.07 Å². The fourth-order valence-corrected chi connectivity index (χ4v) is 2.48. The third-order valence-corrected chi connectivity index (χ3v) is 3.75. The Bertz CT molecular complexity index is 608. The molecule has 0 aliphatic heterocycles. The fraction of sp³-hybridized carbons (Fsp3) is 0.133. The number of alkyl halides is 3. The van der Waals surface area contributed by atoms with Crippen LogP contribution in [-0.2, 0) is 0 Å². The normalized spacial score (nSPS) is 12.8. The topological polar surface area (TPSA) is 29.1 Å². The number of hydrogen-bond donors (Lipinski definition) is 1. The van der Waals surface area contributed by atoms with Crippen molar-refractivity contribution in [1.82, 2.24) is 5.32 Å². The first-order valence-electron chi connectivity index (χ1n) is 6.06. The summed E-state index contributed by atoms with van der Waals surface area (Å²) in [6, 6.07) is 14.7. The lowest BCUT2D eigenvalue weighted by Crippen LogP contribution is -2.36. The molecule has 0 spiro atoms. The van der Waals surface area contributed by atoms with Crippen LogP contribution in [0.5, 0.6) is 0 Å². The molecule has 0 unspecified atom stereocenters. The van der Waals surface area contributed by atoms with Gasteiger partial charge in [0.2, 0.25) is 3.79 Å². The highest BCUT2D eigenvalue weighted by molar-refractivity contribution is 6.68. The number of carbonyl (C=O) groups is 1. The van der Waals surface area contributed by atoms with Crippen molar-refractivity contribution < 1.29 is 4.79 Å². The highest BCUT2D eigenvalue weighted by atomic mass is 35.6. The van der Waals surface area contributed by atoms with Crippen molar-refractivity contribution in [3.05, 3.63) is 70.7 Å². The summed E-state index contributed by atoms with van der Waals surface area (Å²) < 4.78 is -1.68. The van der Waals surface area contributed by atoms with Gasteiger partial charge in [-0.2, -0.15) is 0 Å². The quantitative estimate of drug-likeness (QED) is 0.748. The summed E-state index contributed by atoms with van der Waals surface area (Å²) in [5, 5.41) is 3.30. The molecule has 21 heavy (non-hydrogen) atoms. The molecule has 0 saturated heterocycles. The number of benzene rings is 2. The van der Waals surface area contributed by atoms with E-state index in [1.54, 1.807) is 48.5 Å². The maximum Gasteiger partial charge on any atom is 0.251 e. The number of halogens is 4. The van der Waals surface area contributed by atoms with Gasteiger partial charge in [-0.3, -0.25) is 4.79 Å². The highest BCUT2D eigenvalue weighted by Gasteiger charge is 2.35. The minimum atomic E-state index is -1.68. The van der Waals surface area contributed by atoms with E-state index in [-0.39, 0.29) is 5.91 Å². The molecule has 1 amide bonds. The van der Waals surface area contributed by atoms with Gasteiger partial charge in [-0.15, -0.1) is 0 Å². The van der Waals surface area contributed by atoms with Crippen LogP contribution >= 0.6 is 46.4 Å². The van der Waals surface area contributed by atoms with Crippen LogP contribution in [-0.4, -0.2) is 9.70 Å². The van der Waals surface area contributed by atoms with Crippen LogP contribution in [0.4, 0.5) is 0 Å². The predicted octanol–water partition coefficient (Wildman–Crippen LogP) is 5.18. The molecule has 2 rings (SSSR count). The zero-order chi connectivity index (χ0) is 15.5. The van der Waals surface area contributed by atoms with E-state index in [0.717, 1.165) is 0 Å². The zero-order valence-corrected chi connectivity index (χ0v) is 13.7. The Hall–Kier alpha value is -0.930. The Morgan fingerprint density at radius 3 is 2.05 bits per heavy atom. The van der Waals surface area contributed by atoms with Crippen molar-refractivity contribution in [2.45, 2.75) is 9.83 Å². The third-order valence-electron chi connectivity index (χ3n) is 2.84. The standard InChI is InChI=1S/C15H11Cl4NO/c16-12-8-6-10(7-9-12)13(15(17,18)19)20-14(21)11-4-2-1-3-5-11/h1-9,13H,(H,20,21)/t13-/m1/s1. The summed E-state index contributed by atoms with van der Waals surface area (Å²) in [6.45, 7) is 0. The summed E-state index contributed by atoms with van der Waals surface area (Å²) in [6.07, 6.45) is 0. The molecule has 110 valence electrons. The van der Waals surface area contributed by atoms with Gasteiger partial charge in [0.25, 0.3) is 5.91 Å². The second-order valence-electron chi connectivity index (χ2n) is 4.37. The first-order chi connectivity index (χ1) is 9.88. The highest BCUT2D eigenvalue weighted by Crippen LogP contribution is 2.40. The molecule has 0 bridgehead atoms. The predicted molar refractivity (Wildman–Crippen MR) is 88.4 cm³/mol. The number of amides is 1. The Kier molecular flexibility index (Phi) is 5.39. The summed E-state index contributed by atoms with van der Waals surface area (Å²) in [7, 11) is 0. The monoisotopic (exact) mass is 361 g/mol. The second kappa shape index (κ2) is 6.89. The molecule has 0 aromatic heterocycles. The van der Waals surface area contributed by atoms with Crippen molar-refractivity contribution >= 4 is 52.3 Å². The van der Waals surface area contributed by atoms with Crippen molar-refractivity contribution in [3.8, 4) is 0 Å². The number of rotatable bonds is 3. The first-order valence-corrected chi connectivity index (χ1v) is 7.57. The van der Waals surface area contributed by atoms with E-state index in [4.69, 9.17) is 46.4 Å². The van der Waals surface area contributed by atoms with Crippen LogP contribution in [0.15, 0.2) is 54.6 Å². The van der Waals surface area contributed by atoms with E-state index in [1.165, 1.54) is 0 Å². The minimum Gasteiger partial charge on any atom is -0.341 e. The van der Waals surface area contributed by atoms with Gasteiger partial charge in [0.1, 0.15) is 6.04 Å². The summed E-state index contributed by atoms with van der Waals surface area (Å²) in [4.78, 5) is 12.2. The van der Waals surface area contributed by atoms with Crippen LogP contribution in [0.1, 0.15) is 22.0 Å². The number of carbonyl (C=O) groups excluding carboxylic acids is 1. The van der Waals surface area contributed by atoms with Gasteiger partial charge >= 0.3 is 0 Å². The minimum absolute atomic E-state index is 0.318. The van der Waals surface area contributed by atoms with Gasteiger partial charge in [-0.1, -0.05) is 76.7 Å². The van der Waals surface area contributed by atoms with Gasteiger partial charge in [-0.25, -0.2) is 0 Å². The van der Waals surface area contributed by atoms with E-state index < -0.39 is 9.83 Å². The van der Waals surface area contributed by atoms with Crippen molar-refractivity contribution in [1.29, 1.82) is 0 Å². The Labute approximate surface area is 143 Å². The van der Waals surface area contributed by atoms with Gasteiger partial charge in [0.05, 0.1) is 0 Å². The van der Waals surface area contributed by atoms with E-state index in [0.29, 0.717) is 16.1 Å². The Morgan fingerprint density at radius 1 is 0.952 bits per heavy atom. The van der Waals surface area contributed by atoms with Crippen LogP contribution in [0.3, 0.4) is 0 Å². The summed E-state index contributed by atoms with van der Waals surface area (Å²) >= 11 is 23.8. The molecule has 0 saturated carbocycles. The number of nitrogens with one attached hydrogen (secondary N) is 1. The largest absolute Gasteiger partial charge is 0.341 e. The van der Waals surface area contributed by atoms with Crippen LogP contribution in [0, 0.1) is 0 Å². The first kappa shape index (κ1) is 16.4. The Morgan fingerprint density at radius 2 is 1.52 bits per heavy atom. The zero-order valence-electron chi connectivity index (χ0n) is 10.7. The lowest BCUT2D eigenvalue weighted by molar-refractivity contribution is 0.0937. The second-order valence-corrected chi connectivity index (χ2v) is 7.17. The van der Waals surface area contributed by atoms with E-state index >= 15 is 0 Å². The molecule has 6 heteroatoms. The summed E-state index contributed by atoms with van der Waals surface area (Å²) in [5.41, 5.74) is 1.15. The molecule has 2 aromatic carbocycles. The molecule has 0 aliphatic carbocycles. The molecule has 2 aromatic rings. The lowest BCUT2D eigenvalue weighted by Gasteiger charge is -2.26. The average molecular weight is 363 g/mol. The molecule has 0 heterocycles. The molecule has 1 N–H and O–H groups in total. The van der Waals surface area contributed by atoms with Gasteiger partial charge in [-0.05, 0) is 29.8 Å². The van der Waals surface area contributed by atoms with Crippen molar-refractivity contribution in [2.75, 3.05) is 0 Å². The molecule has 0 fully saturated rings. The smallest absolute Gasteiger partial charge is 0.251 e. The fourth-order valence-electron chi connectivity index (χ4n) is 1.81. The molecular weight excluding hydrogens is 352 g/mol. The number of hydrogen-bond acceptors (Lipinski definition) is 1. The average Bonchev–Trinajstić information content (AvgIpc) is 2.45. The molecular formula is C15H11Cl4NO. The van der Waals surface area contributed by atoms with Gasteiger partial charge in [0.15, 0.2) is 0 Å². The lowest BCUT2D eigenvalue weighted by atomic mass is 10.1. The maximum atomic E-state index is 12.2. The van der Waals surface area contributed by atoms with Crippen molar-refractivity contribution in [3.63, 3.8) is 0 Å². The molecule has 0 aliphatic rings. The SMILES string of the molecule is O=C(N[C@H](c1ccc(Cl)cc1)C(Cl)(Cl)Cl)c1ccccc1. The van der Waals surface area contributed by atoms with Crippen molar-refractivity contribution in [2.24, 2.45) is 0 Å². The van der Waals surface area contributed by atoms with Gasteiger partial charge in [0, 0.05) is 10.6 Å². The third kappa shape index (κ3) is 4.52. The van der Waals surface area contributed by atoms with Crippen LogP contribution in [0.2, 0.25) is 5.02 Å².